The summed E-state index contributed by atoms with van der Waals surface area (Å²) < 4.78 is 0. The molecule has 1 aromatic carbocycles. The van der Waals surface area contributed by atoms with E-state index in [9.17, 15) is 9.59 Å². The molecule has 90 valence electrons. The van der Waals surface area contributed by atoms with E-state index in [1.165, 1.54) is 0 Å². The van der Waals surface area contributed by atoms with Crippen LogP contribution >= 0.6 is 0 Å². The zero-order valence-corrected chi connectivity index (χ0v) is 10.1. The summed E-state index contributed by atoms with van der Waals surface area (Å²) in [6, 6.07) is 6.94. The number of fused-ring (bicyclic) bond motifs is 1. The maximum Gasteiger partial charge on any atom is 0.190 e. The minimum Gasteiger partial charge on any atom is -0.289 e. The number of rotatable bonds is 4. The average Bonchev–Trinajstić information content (AvgIpc) is 2.40. The second-order valence-electron chi connectivity index (χ2n) is 4.15. The van der Waals surface area contributed by atoms with Gasteiger partial charge in [-0.3, -0.25) is 9.59 Å². The van der Waals surface area contributed by atoms with Crippen molar-refractivity contribution < 1.29 is 9.59 Å². The average molecular weight is 238 g/mol. The molecule has 0 saturated carbocycles. The number of Topliss-reactive ketones (excluding diaryl/α,β-unsaturated/α-hetero) is 2. The Kier molecular flexibility index (Phi) is 3.38. The Balaban J connectivity index is 2.62. The fourth-order valence-corrected chi connectivity index (χ4v) is 2.20. The molecule has 2 heteroatoms. The summed E-state index contributed by atoms with van der Waals surface area (Å²) in [6.07, 6.45) is 4.14. The Labute approximate surface area is 106 Å². The van der Waals surface area contributed by atoms with Crippen LogP contribution in [-0.4, -0.2) is 11.6 Å². The smallest absolute Gasteiger partial charge is 0.190 e. The van der Waals surface area contributed by atoms with E-state index in [1.54, 1.807) is 36.4 Å². The SMILES string of the molecule is C=CCC1=C(CC=C)C(=O)c2ccccc2C1=O. The Morgan fingerprint density at radius 1 is 0.833 bits per heavy atom. The van der Waals surface area contributed by atoms with E-state index in [2.05, 4.69) is 13.2 Å². The van der Waals surface area contributed by atoms with Crippen molar-refractivity contribution in [1.29, 1.82) is 0 Å². The van der Waals surface area contributed by atoms with Crippen LogP contribution in [0.1, 0.15) is 33.6 Å². The maximum absolute atomic E-state index is 12.3. The molecule has 1 aromatic rings. The van der Waals surface area contributed by atoms with Gasteiger partial charge >= 0.3 is 0 Å². The molecular weight excluding hydrogens is 224 g/mol. The Morgan fingerprint density at radius 2 is 1.22 bits per heavy atom. The summed E-state index contributed by atoms with van der Waals surface area (Å²) in [5.41, 5.74) is 2.08. The molecule has 1 aliphatic carbocycles. The van der Waals surface area contributed by atoms with Crippen molar-refractivity contribution in [2.45, 2.75) is 12.8 Å². The van der Waals surface area contributed by atoms with Crippen LogP contribution in [0.25, 0.3) is 0 Å². The molecule has 0 heterocycles. The lowest BCUT2D eigenvalue weighted by molar-refractivity contribution is 0.0971. The first-order valence-electron chi connectivity index (χ1n) is 5.83. The van der Waals surface area contributed by atoms with Crippen LogP contribution in [0.4, 0.5) is 0 Å². The van der Waals surface area contributed by atoms with Gasteiger partial charge in [-0.15, -0.1) is 13.2 Å². The molecule has 0 fully saturated rings. The third-order valence-corrected chi connectivity index (χ3v) is 3.03. The molecule has 0 saturated heterocycles. The molecule has 0 spiro atoms. The quantitative estimate of drug-likeness (QED) is 0.752. The maximum atomic E-state index is 12.3. The fourth-order valence-electron chi connectivity index (χ4n) is 2.20. The van der Waals surface area contributed by atoms with Crippen molar-refractivity contribution >= 4 is 11.6 Å². The summed E-state index contributed by atoms with van der Waals surface area (Å²) >= 11 is 0. The lowest BCUT2D eigenvalue weighted by Crippen LogP contribution is -2.21. The number of carbonyl (C=O) groups is 2. The van der Waals surface area contributed by atoms with Crippen LogP contribution in [0.2, 0.25) is 0 Å². The fraction of sp³-hybridized carbons (Fsp3) is 0.125. The normalized spacial score (nSPS) is 14.4. The highest BCUT2D eigenvalue weighted by atomic mass is 16.1. The van der Waals surface area contributed by atoms with E-state index in [0.29, 0.717) is 35.1 Å². The standard InChI is InChI=1S/C16H14O2/c1-3-7-11-12(8-4-2)16(18)14-10-6-5-9-13(14)15(11)17/h3-6,9-10H,1-2,7-8H2. The van der Waals surface area contributed by atoms with E-state index in [4.69, 9.17) is 0 Å². The highest BCUT2D eigenvalue weighted by molar-refractivity contribution is 6.27. The first kappa shape index (κ1) is 12.2. The van der Waals surface area contributed by atoms with Gasteiger partial charge in [0.05, 0.1) is 0 Å². The largest absolute Gasteiger partial charge is 0.289 e. The molecule has 0 atom stereocenters. The number of benzene rings is 1. The van der Waals surface area contributed by atoms with Crippen molar-refractivity contribution in [3.05, 3.63) is 71.8 Å². The van der Waals surface area contributed by atoms with Gasteiger partial charge < -0.3 is 0 Å². The van der Waals surface area contributed by atoms with Gasteiger partial charge in [-0.05, 0) is 12.8 Å². The van der Waals surface area contributed by atoms with Crippen LogP contribution < -0.4 is 0 Å². The predicted molar refractivity (Wildman–Crippen MR) is 71.8 cm³/mol. The zero-order valence-electron chi connectivity index (χ0n) is 10.1. The van der Waals surface area contributed by atoms with Crippen LogP contribution in [0.3, 0.4) is 0 Å². The molecule has 1 aliphatic rings. The van der Waals surface area contributed by atoms with Gasteiger partial charge in [-0.25, -0.2) is 0 Å². The second-order valence-corrected chi connectivity index (χ2v) is 4.15. The molecule has 0 radical (unpaired) electrons. The molecule has 0 aliphatic heterocycles. The van der Waals surface area contributed by atoms with Gasteiger partial charge in [-0.1, -0.05) is 36.4 Å². The van der Waals surface area contributed by atoms with Crippen LogP contribution in [0, 0.1) is 0 Å². The van der Waals surface area contributed by atoms with Gasteiger partial charge in [0.15, 0.2) is 11.6 Å². The van der Waals surface area contributed by atoms with Crippen molar-refractivity contribution in [1.82, 2.24) is 0 Å². The number of hydrogen-bond acceptors (Lipinski definition) is 2. The Bertz CT molecular complexity index is 526. The minimum atomic E-state index is -0.0676. The van der Waals surface area contributed by atoms with E-state index < -0.39 is 0 Å². The number of carbonyl (C=O) groups excluding carboxylic acids is 2. The zero-order chi connectivity index (χ0) is 13.1. The van der Waals surface area contributed by atoms with Crippen molar-refractivity contribution in [3.8, 4) is 0 Å². The first-order valence-corrected chi connectivity index (χ1v) is 5.83. The monoisotopic (exact) mass is 238 g/mol. The van der Waals surface area contributed by atoms with Crippen molar-refractivity contribution in [2.24, 2.45) is 0 Å². The van der Waals surface area contributed by atoms with Gasteiger partial charge in [-0.2, -0.15) is 0 Å². The minimum absolute atomic E-state index is 0.0676. The second kappa shape index (κ2) is 4.96. The summed E-state index contributed by atoms with van der Waals surface area (Å²) in [4.78, 5) is 24.7. The lowest BCUT2D eigenvalue weighted by atomic mass is 9.81. The van der Waals surface area contributed by atoms with Gasteiger partial charge in [0.25, 0.3) is 0 Å². The molecular formula is C16H14O2. The topological polar surface area (TPSA) is 34.1 Å². The third-order valence-electron chi connectivity index (χ3n) is 3.03. The summed E-state index contributed by atoms with van der Waals surface area (Å²) in [5, 5.41) is 0. The molecule has 0 amide bonds. The lowest BCUT2D eigenvalue weighted by Gasteiger charge is -2.19. The Morgan fingerprint density at radius 3 is 1.56 bits per heavy atom. The molecule has 2 nitrogen and oxygen atoms in total. The highest BCUT2D eigenvalue weighted by Crippen LogP contribution is 2.29. The van der Waals surface area contributed by atoms with E-state index in [1.807, 2.05) is 0 Å². The summed E-state index contributed by atoms with van der Waals surface area (Å²) in [6.45, 7) is 7.28. The molecule has 2 rings (SSSR count). The number of ketones is 2. The van der Waals surface area contributed by atoms with Crippen LogP contribution in [0.15, 0.2) is 60.7 Å². The number of hydrogen-bond donors (Lipinski definition) is 0. The first-order chi connectivity index (χ1) is 8.70. The van der Waals surface area contributed by atoms with E-state index in [-0.39, 0.29) is 11.6 Å². The van der Waals surface area contributed by atoms with Gasteiger partial charge in [0.2, 0.25) is 0 Å². The van der Waals surface area contributed by atoms with Crippen molar-refractivity contribution in [2.75, 3.05) is 0 Å². The molecule has 0 unspecified atom stereocenters. The Hall–Kier alpha value is -2.22. The molecule has 0 aromatic heterocycles. The number of allylic oxidation sites excluding steroid dienone is 4. The van der Waals surface area contributed by atoms with E-state index in [0.717, 1.165) is 0 Å². The summed E-state index contributed by atoms with van der Waals surface area (Å²) in [5.74, 6) is -0.135. The highest BCUT2D eigenvalue weighted by Gasteiger charge is 2.29. The van der Waals surface area contributed by atoms with Gasteiger partial charge in [0, 0.05) is 22.3 Å². The van der Waals surface area contributed by atoms with Crippen LogP contribution in [0.5, 0.6) is 0 Å². The summed E-state index contributed by atoms with van der Waals surface area (Å²) in [7, 11) is 0. The van der Waals surface area contributed by atoms with E-state index >= 15 is 0 Å². The van der Waals surface area contributed by atoms with Crippen molar-refractivity contribution in [3.63, 3.8) is 0 Å². The molecule has 0 N–H and O–H groups in total. The van der Waals surface area contributed by atoms with Crippen LogP contribution in [-0.2, 0) is 0 Å². The molecule has 18 heavy (non-hydrogen) atoms. The molecule has 0 bridgehead atoms. The third kappa shape index (κ3) is 1.86. The van der Waals surface area contributed by atoms with Gasteiger partial charge in [0.1, 0.15) is 0 Å². The predicted octanol–water partition coefficient (Wildman–Crippen LogP) is 3.51.